The number of halogens is 2. The highest BCUT2D eigenvalue weighted by Gasteiger charge is 2.23. The second kappa shape index (κ2) is 4.15. The molecule has 1 aliphatic rings. The van der Waals surface area contributed by atoms with E-state index in [-0.39, 0.29) is 23.6 Å². The van der Waals surface area contributed by atoms with Crippen molar-refractivity contribution in [1.82, 2.24) is 9.97 Å². The monoisotopic (exact) mass is 263 g/mol. The molecule has 0 bridgehead atoms. The Labute approximate surface area is 107 Å². The molecule has 0 atom stereocenters. The number of hydrogen-bond donors (Lipinski definition) is 2. The molecule has 0 radical (unpaired) electrons. The zero-order valence-corrected chi connectivity index (χ0v) is 10.2. The Morgan fingerprint density at radius 3 is 2.74 bits per heavy atom. The maximum atomic E-state index is 14.4. The van der Waals surface area contributed by atoms with Gasteiger partial charge in [-0.15, -0.1) is 0 Å². The molecular weight excluding hydrogens is 252 g/mol. The molecule has 3 rings (SSSR count). The van der Waals surface area contributed by atoms with Crippen LogP contribution in [-0.2, 0) is 11.2 Å². The average Bonchev–Trinajstić information content (AvgIpc) is 2.68. The number of aromatic amines is 1. The predicted molar refractivity (Wildman–Crippen MR) is 65.6 cm³/mol. The smallest absolute Gasteiger partial charge is 0.224 e. The summed E-state index contributed by atoms with van der Waals surface area (Å²) in [6.07, 6.45) is 0.543. The van der Waals surface area contributed by atoms with Gasteiger partial charge in [-0.3, -0.25) is 4.79 Å². The molecule has 4 nitrogen and oxygen atoms in total. The van der Waals surface area contributed by atoms with Gasteiger partial charge in [0.2, 0.25) is 11.9 Å². The van der Waals surface area contributed by atoms with E-state index in [1.54, 1.807) is 13.0 Å². The minimum atomic E-state index is -0.656. The summed E-state index contributed by atoms with van der Waals surface area (Å²) in [5.41, 5.74) is 0.925. The first-order chi connectivity index (χ1) is 9.06. The average molecular weight is 263 g/mol. The Morgan fingerprint density at radius 1 is 1.26 bits per heavy atom. The molecule has 0 saturated heterocycles. The van der Waals surface area contributed by atoms with Crippen LogP contribution in [-0.4, -0.2) is 15.9 Å². The van der Waals surface area contributed by atoms with Crippen molar-refractivity contribution < 1.29 is 13.6 Å². The van der Waals surface area contributed by atoms with Gasteiger partial charge in [0, 0.05) is 23.2 Å². The molecule has 1 aromatic heterocycles. The molecule has 1 aliphatic heterocycles. The third-order valence-electron chi connectivity index (χ3n) is 3.15. The number of carbonyl (C=O) groups excluding carboxylic acids is 1. The van der Waals surface area contributed by atoms with E-state index in [1.165, 1.54) is 6.07 Å². The van der Waals surface area contributed by atoms with Crippen molar-refractivity contribution in [2.75, 3.05) is 5.32 Å². The number of rotatable bonds is 1. The number of nitrogens with one attached hydrogen (secondary N) is 2. The Morgan fingerprint density at radius 2 is 2.05 bits per heavy atom. The van der Waals surface area contributed by atoms with Gasteiger partial charge in [0.15, 0.2) is 0 Å². The molecule has 2 N–H and O–H groups in total. The fraction of sp³-hybridized carbons (Fsp3) is 0.231. The first kappa shape index (κ1) is 11.8. The summed E-state index contributed by atoms with van der Waals surface area (Å²) in [5, 5.41) is 2.60. The molecule has 1 amide bonds. The Balaban J connectivity index is 2.14. The Hall–Kier alpha value is -2.24. The van der Waals surface area contributed by atoms with Crippen molar-refractivity contribution in [3.8, 4) is 11.3 Å². The number of imidazole rings is 1. The van der Waals surface area contributed by atoms with Gasteiger partial charge in [-0.1, -0.05) is 0 Å². The van der Waals surface area contributed by atoms with Crippen LogP contribution in [0.3, 0.4) is 0 Å². The quantitative estimate of drug-likeness (QED) is 0.830. The Kier molecular flexibility index (Phi) is 2.58. The Bertz CT molecular complexity index is 679. The number of carbonyl (C=O) groups is 1. The molecule has 2 aromatic rings. The number of H-pyrrole nitrogens is 1. The lowest BCUT2D eigenvalue weighted by Gasteiger charge is -2.18. The van der Waals surface area contributed by atoms with Gasteiger partial charge in [-0.05, 0) is 25.5 Å². The van der Waals surface area contributed by atoms with Gasteiger partial charge < -0.3 is 10.3 Å². The molecule has 19 heavy (non-hydrogen) atoms. The van der Waals surface area contributed by atoms with Gasteiger partial charge in [-0.25, -0.2) is 9.37 Å². The molecule has 98 valence electrons. The van der Waals surface area contributed by atoms with Crippen molar-refractivity contribution in [2.45, 2.75) is 19.8 Å². The van der Waals surface area contributed by atoms with Crippen LogP contribution < -0.4 is 5.32 Å². The summed E-state index contributed by atoms with van der Waals surface area (Å²) in [6, 6.07) is 3.01. The van der Waals surface area contributed by atoms with Crippen LogP contribution >= 0.6 is 0 Å². The zero-order valence-electron chi connectivity index (χ0n) is 10.2. The highest BCUT2D eigenvalue weighted by atomic mass is 19.1. The molecule has 2 heterocycles. The van der Waals surface area contributed by atoms with Crippen LogP contribution in [0.25, 0.3) is 11.3 Å². The first-order valence-corrected chi connectivity index (χ1v) is 5.90. The van der Waals surface area contributed by atoms with E-state index in [9.17, 15) is 13.6 Å². The van der Waals surface area contributed by atoms with Crippen LogP contribution in [0.2, 0.25) is 0 Å². The third-order valence-corrected chi connectivity index (χ3v) is 3.15. The second-order valence-electron chi connectivity index (χ2n) is 4.49. The summed E-state index contributed by atoms with van der Waals surface area (Å²) in [6.45, 7) is 1.60. The number of aromatic nitrogens is 2. The molecule has 1 aromatic carbocycles. The van der Waals surface area contributed by atoms with Crippen molar-refractivity contribution >= 4 is 11.6 Å². The molecule has 0 aliphatic carbocycles. The number of nitrogens with zero attached hydrogens (tertiary/aromatic N) is 1. The number of fused-ring (bicyclic) bond motifs is 1. The van der Waals surface area contributed by atoms with E-state index >= 15 is 0 Å². The van der Waals surface area contributed by atoms with Crippen LogP contribution in [0.5, 0.6) is 0 Å². The maximum Gasteiger partial charge on any atom is 0.224 e. The van der Waals surface area contributed by atoms with Gasteiger partial charge in [0.25, 0.3) is 0 Å². The minimum absolute atomic E-state index is 0.0327. The van der Waals surface area contributed by atoms with Crippen molar-refractivity contribution in [3.63, 3.8) is 0 Å². The van der Waals surface area contributed by atoms with E-state index in [2.05, 4.69) is 15.3 Å². The molecule has 0 unspecified atom stereocenters. The van der Waals surface area contributed by atoms with Crippen molar-refractivity contribution in [2.24, 2.45) is 0 Å². The number of benzene rings is 1. The number of amides is 1. The molecule has 0 spiro atoms. The maximum absolute atomic E-state index is 14.4. The predicted octanol–water partition coefficient (Wildman–Crippen LogP) is 2.55. The van der Waals surface area contributed by atoms with Gasteiger partial charge >= 0.3 is 0 Å². The number of hydrogen-bond acceptors (Lipinski definition) is 2. The van der Waals surface area contributed by atoms with E-state index in [0.29, 0.717) is 23.5 Å². The highest BCUT2D eigenvalue weighted by molar-refractivity contribution is 5.94. The highest BCUT2D eigenvalue weighted by Crippen LogP contribution is 2.32. The number of aryl methyl sites for hydroxylation is 1. The largest absolute Gasteiger partial charge is 0.326 e. The van der Waals surface area contributed by atoms with Gasteiger partial charge in [0.1, 0.15) is 17.3 Å². The fourth-order valence-corrected chi connectivity index (χ4v) is 2.26. The molecule has 0 fully saturated rings. The number of anilines is 1. The lowest BCUT2D eigenvalue weighted by atomic mass is 9.98. The van der Waals surface area contributed by atoms with E-state index in [4.69, 9.17) is 0 Å². The van der Waals surface area contributed by atoms with Gasteiger partial charge in [0.05, 0.1) is 0 Å². The van der Waals surface area contributed by atoms with Crippen molar-refractivity contribution in [1.29, 1.82) is 0 Å². The molecular formula is C13H11F2N3O. The van der Waals surface area contributed by atoms with Crippen LogP contribution in [0.15, 0.2) is 12.1 Å². The van der Waals surface area contributed by atoms with Crippen molar-refractivity contribution in [3.05, 3.63) is 35.3 Å². The summed E-state index contributed by atoms with van der Waals surface area (Å²) >= 11 is 0. The van der Waals surface area contributed by atoms with E-state index in [0.717, 1.165) is 0 Å². The van der Waals surface area contributed by atoms with E-state index < -0.39 is 11.8 Å². The normalized spacial score (nSPS) is 14.2. The standard InChI is InChI=1S/C13H11F2N3O/c1-6-16-12(13(15)17-6)8-2-4-9-7(11(8)14)3-5-10(19)18-9/h2,4H,3,5H2,1H3,(H,16,17)(H,18,19). The van der Waals surface area contributed by atoms with Gasteiger partial charge in [-0.2, -0.15) is 4.39 Å². The first-order valence-electron chi connectivity index (χ1n) is 5.90. The van der Waals surface area contributed by atoms with Crippen LogP contribution in [0.4, 0.5) is 14.5 Å². The summed E-state index contributed by atoms with van der Waals surface area (Å²) in [4.78, 5) is 17.6. The minimum Gasteiger partial charge on any atom is -0.326 e. The van der Waals surface area contributed by atoms with Crippen LogP contribution in [0, 0.1) is 18.7 Å². The van der Waals surface area contributed by atoms with Crippen LogP contribution in [0.1, 0.15) is 17.8 Å². The summed E-state index contributed by atoms with van der Waals surface area (Å²) in [7, 11) is 0. The summed E-state index contributed by atoms with van der Waals surface area (Å²) in [5.74, 6) is -0.932. The van der Waals surface area contributed by atoms with E-state index in [1.807, 2.05) is 0 Å². The summed E-state index contributed by atoms with van der Waals surface area (Å²) < 4.78 is 28.0. The second-order valence-corrected chi connectivity index (χ2v) is 4.49. The molecule has 6 heteroatoms. The zero-order chi connectivity index (χ0) is 13.6. The third kappa shape index (κ3) is 1.89. The SMILES string of the molecule is Cc1nc(-c2ccc3c(c2F)CCC(=O)N3)c(F)[nH]1. The molecule has 0 saturated carbocycles. The fourth-order valence-electron chi connectivity index (χ4n) is 2.26. The lowest BCUT2D eigenvalue weighted by molar-refractivity contribution is -0.116. The lowest BCUT2D eigenvalue weighted by Crippen LogP contribution is -2.20. The topological polar surface area (TPSA) is 57.8 Å².